The second kappa shape index (κ2) is 8.19. The highest BCUT2D eigenvalue weighted by Crippen LogP contribution is 1.79. The fourth-order valence-electron chi connectivity index (χ4n) is 0.853. The molecule has 0 rings (SSSR count). The Morgan fingerprint density at radius 3 is 2.67 bits per heavy atom. The summed E-state index contributed by atoms with van der Waals surface area (Å²) in [4.78, 5) is 21.8. The first-order valence-electron chi connectivity index (χ1n) is 4.86. The van der Waals surface area contributed by atoms with E-state index in [1.807, 2.05) is 0 Å². The van der Waals surface area contributed by atoms with Crippen molar-refractivity contribution < 1.29 is 14.3 Å². The second-order valence-electron chi connectivity index (χ2n) is 3.20. The van der Waals surface area contributed by atoms with Crippen LogP contribution in [0.5, 0.6) is 0 Å². The smallest absolute Gasteiger partial charge is 0.234 e. The molecular weight excluding hydrogens is 198 g/mol. The van der Waals surface area contributed by atoms with Crippen molar-refractivity contribution in [2.24, 2.45) is 5.73 Å². The van der Waals surface area contributed by atoms with E-state index in [0.29, 0.717) is 13.2 Å². The number of hydrogen-bond acceptors (Lipinski definition) is 4. The van der Waals surface area contributed by atoms with Crippen molar-refractivity contribution in [3.8, 4) is 0 Å². The maximum atomic E-state index is 11.2. The van der Waals surface area contributed by atoms with E-state index in [-0.39, 0.29) is 12.5 Å². The molecule has 1 unspecified atom stereocenters. The molecule has 4 N–H and O–H groups in total. The number of nitrogens with one attached hydrogen (secondary N) is 2. The molecule has 1 atom stereocenters. The minimum atomic E-state index is -0.491. The molecule has 0 aromatic heterocycles. The van der Waals surface area contributed by atoms with Crippen molar-refractivity contribution in [2.45, 2.75) is 19.4 Å². The molecule has 0 fully saturated rings. The van der Waals surface area contributed by atoms with Crippen LogP contribution in [0.1, 0.15) is 13.3 Å². The van der Waals surface area contributed by atoms with Crippen molar-refractivity contribution in [2.75, 3.05) is 26.8 Å². The number of primary amides is 1. The fraction of sp³-hybridized carbons (Fsp3) is 0.778. The standard InChI is InChI=1S/C9H19N3O3/c1-7(9(10)14)12-6-8(13)11-4-3-5-15-2/h7,12H,3-6H2,1-2H3,(H2,10,14)(H,11,13). The molecule has 0 aliphatic carbocycles. The Balaban J connectivity index is 3.45. The summed E-state index contributed by atoms with van der Waals surface area (Å²) in [6, 6.07) is -0.491. The Morgan fingerprint density at radius 1 is 1.47 bits per heavy atom. The molecule has 0 saturated heterocycles. The lowest BCUT2D eigenvalue weighted by Crippen LogP contribution is -2.44. The number of nitrogens with two attached hydrogens (primary N) is 1. The summed E-state index contributed by atoms with van der Waals surface area (Å²) >= 11 is 0. The highest BCUT2D eigenvalue weighted by atomic mass is 16.5. The van der Waals surface area contributed by atoms with Crippen LogP contribution < -0.4 is 16.4 Å². The Kier molecular flexibility index (Phi) is 7.57. The van der Waals surface area contributed by atoms with Crippen LogP contribution in [0.2, 0.25) is 0 Å². The molecule has 2 amide bonds. The Bertz CT molecular complexity index is 209. The number of amides is 2. The van der Waals surface area contributed by atoms with Crippen molar-refractivity contribution in [3.05, 3.63) is 0 Å². The predicted molar refractivity (Wildman–Crippen MR) is 56.2 cm³/mol. The van der Waals surface area contributed by atoms with Crippen molar-refractivity contribution in [1.29, 1.82) is 0 Å². The molecule has 0 aliphatic heterocycles. The van der Waals surface area contributed by atoms with E-state index < -0.39 is 11.9 Å². The average Bonchev–Trinajstić information content (AvgIpc) is 2.20. The molecular formula is C9H19N3O3. The largest absolute Gasteiger partial charge is 0.385 e. The lowest BCUT2D eigenvalue weighted by atomic mass is 10.3. The van der Waals surface area contributed by atoms with Crippen molar-refractivity contribution in [3.63, 3.8) is 0 Å². The Morgan fingerprint density at radius 2 is 2.13 bits per heavy atom. The quantitative estimate of drug-likeness (QED) is 0.436. The third-order valence-corrected chi connectivity index (χ3v) is 1.84. The van der Waals surface area contributed by atoms with Gasteiger partial charge in [0.25, 0.3) is 0 Å². The number of hydrogen-bond donors (Lipinski definition) is 3. The van der Waals surface area contributed by atoms with Crippen LogP contribution >= 0.6 is 0 Å². The number of carbonyl (C=O) groups is 2. The van der Waals surface area contributed by atoms with Gasteiger partial charge < -0.3 is 15.8 Å². The van der Waals surface area contributed by atoms with E-state index in [4.69, 9.17) is 10.5 Å². The van der Waals surface area contributed by atoms with E-state index in [0.717, 1.165) is 6.42 Å². The van der Waals surface area contributed by atoms with E-state index >= 15 is 0 Å². The van der Waals surface area contributed by atoms with Gasteiger partial charge >= 0.3 is 0 Å². The van der Waals surface area contributed by atoms with E-state index in [1.54, 1.807) is 14.0 Å². The van der Waals surface area contributed by atoms with Gasteiger partial charge in [-0.2, -0.15) is 0 Å². The molecule has 0 bridgehead atoms. The summed E-state index contributed by atoms with van der Waals surface area (Å²) in [5, 5.41) is 5.38. The summed E-state index contributed by atoms with van der Waals surface area (Å²) in [5.74, 6) is -0.624. The summed E-state index contributed by atoms with van der Waals surface area (Å²) in [7, 11) is 1.61. The summed E-state index contributed by atoms with van der Waals surface area (Å²) in [6.07, 6.45) is 0.771. The van der Waals surface area contributed by atoms with Gasteiger partial charge in [-0.05, 0) is 13.3 Å². The lowest BCUT2D eigenvalue weighted by Gasteiger charge is -2.09. The molecule has 6 heteroatoms. The molecule has 0 radical (unpaired) electrons. The highest BCUT2D eigenvalue weighted by molar-refractivity contribution is 5.82. The average molecular weight is 217 g/mol. The van der Waals surface area contributed by atoms with Gasteiger partial charge in [0.15, 0.2) is 0 Å². The van der Waals surface area contributed by atoms with E-state index in [9.17, 15) is 9.59 Å². The Labute approximate surface area is 89.5 Å². The normalized spacial score (nSPS) is 12.1. The zero-order valence-electron chi connectivity index (χ0n) is 9.21. The molecule has 0 aromatic carbocycles. The maximum absolute atomic E-state index is 11.2. The maximum Gasteiger partial charge on any atom is 0.234 e. The minimum Gasteiger partial charge on any atom is -0.385 e. The number of rotatable bonds is 8. The van der Waals surface area contributed by atoms with Gasteiger partial charge in [0.1, 0.15) is 0 Å². The molecule has 0 saturated carbocycles. The molecule has 6 nitrogen and oxygen atoms in total. The van der Waals surface area contributed by atoms with Crippen LogP contribution in [0.3, 0.4) is 0 Å². The van der Waals surface area contributed by atoms with Crippen LogP contribution in [0.15, 0.2) is 0 Å². The third kappa shape index (κ3) is 7.90. The second-order valence-corrected chi connectivity index (χ2v) is 3.20. The SMILES string of the molecule is COCCCNC(=O)CNC(C)C(N)=O. The van der Waals surface area contributed by atoms with E-state index in [2.05, 4.69) is 10.6 Å². The molecule has 0 spiro atoms. The third-order valence-electron chi connectivity index (χ3n) is 1.84. The van der Waals surface area contributed by atoms with Crippen LogP contribution in [-0.2, 0) is 14.3 Å². The number of ether oxygens (including phenoxy) is 1. The van der Waals surface area contributed by atoms with Crippen LogP contribution in [-0.4, -0.2) is 44.7 Å². The zero-order valence-corrected chi connectivity index (χ0v) is 9.21. The number of methoxy groups -OCH3 is 1. The zero-order chi connectivity index (χ0) is 11.7. The van der Waals surface area contributed by atoms with Crippen LogP contribution in [0.25, 0.3) is 0 Å². The Hall–Kier alpha value is -1.14. The fourth-order valence-corrected chi connectivity index (χ4v) is 0.853. The first kappa shape index (κ1) is 13.9. The van der Waals surface area contributed by atoms with Gasteiger partial charge in [-0.3, -0.25) is 14.9 Å². The van der Waals surface area contributed by atoms with Crippen molar-refractivity contribution in [1.82, 2.24) is 10.6 Å². The molecule has 88 valence electrons. The van der Waals surface area contributed by atoms with Crippen molar-refractivity contribution >= 4 is 11.8 Å². The lowest BCUT2D eigenvalue weighted by molar-refractivity contribution is -0.121. The van der Waals surface area contributed by atoms with Crippen LogP contribution in [0.4, 0.5) is 0 Å². The summed E-state index contributed by atoms with van der Waals surface area (Å²) < 4.78 is 4.83. The molecule has 0 aromatic rings. The first-order valence-corrected chi connectivity index (χ1v) is 4.86. The van der Waals surface area contributed by atoms with Gasteiger partial charge in [0.2, 0.25) is 11.8 Å². The summed E-state index contributed by atoms with van der Waals surface area (Å²) in [6.45, 7) is 2.89. The number of carbonyl (C=O) groups excluding carboxylic acids is 2. The van der Waals surface area contributed by atoms with E-state index in [1.165, 1.54) is 0 Å². The van der Waals surface area contributed by atoms with Gasteiger partial charge in [-0.15, -0.1) is 0 Å². The van der Waals surface area contributed by atoms with Gasteiger partial charge in [0, 0.05) is 20.3 Å². The summed E-state index contributed by atoms with van der Waals surface area (Å²) in [5.41, 5.74) is 5.01. The minimum absolute atomic E-state index is 0.0943. The topological polar surface area (TPSA) is 93.4 Å². The monoisotopic (exact) mass is 217 g/mol. The first-order chi connectivity index (χ1) is 7.07. The highest BCUT2D eigenvalue weighted by Gasteiger charge is 2.09. The predicted octanol–water partition coefficient (Wildman–Crippen LogP) is -1.40. The molecule has 0 aliphatic rings. The molecule has 0 heterocycles. The van der Waals surface area contributed by atoms with Crippen LogP contribution in [0, 0.1) is 0 Å². The van der Waals surface area contributed by atoms with Gasteiger partial charge in [0.05, 0.1) is 12.6 Å². The van der Waals surface area contributed by atoms with Gasteiger partial charge in [-0.25, -0.2) is 0 Å². The van der Waals surface area contributed by atoms with Gasteiger partial charge in [-0.1, -0.05) is 0 Å². The molecule has 15 heavy (non-hydrogen) atoms.